The molecular formula is C11H24N2OS. The van der Waals surface area contributed by atoms with E-state index in [-0.39, 0.29) is 0 Å². The highest BCUT2D eigenvalue weighted by molar-refractivity contribution is 7.98. The molecule has 1 heterocycles. The summed E-state index contributed by atoms with van der Waals surface area (Å²) in [7, 11) is 2.16. The second-order valence-corrected chi connectivity index (χ2v) is 5.33. The summed E-state index contributed by atoms with van der Waals surface area (Å²) in [6.45, 7) is 6.24. The fraction of sp³-hybridized carbons (Fsp3) is 1.00. The quantitative estimate of drug-likeness (QED) is 0.740. The SMILES string of the molecule is CSCCC(C)NCC1CN(C)CCO1. The lowest BCUT2D eigenvalue weighted by atomic mass is 10.2. The third kappa shape index (κ3) is 5.76. The van der Waals surface area contributed by atoms with E-state index in [0.29, 0.717) is 12.1 Å². The van der Waals surface area contributed by atoms with Crippen LogP contribution in [0.15, 0.2) is 0 Å². The Morgan fingerprint density at radius 1 is 1.60 bits per heavy atom. The lowest BCUT2D eigenvalue weighted by molar-refractivity contribution is -0.0190. The smallest absolute Gasteiger partial charge is 0.0826 e. The van der Waals surface area contributed by atoms with E-state index in [4.69, 9.17) is 4.74 Å². The zero-order chi connectivity index (χ0) is 11.1. The number of likely N-dealkylation sites (N-methyl/N-ethyl adjacent to an activating group) is 1. The maximum atomic E-state index is 5.69. The van der Waals surface area contributed by atoms with Gasteiger partial charge in [0.05, 0.1) is 12.7 Å². The highest BCUT2D eigenvalue weighted by Gasteiger charge is 2.17. The zero-order valence-electron chi connectivity index (χ0n) is 10.2. The Labute approximate surface area is 97.9 Å². The minimum absolute atomic E-state index is 0.375. The van der Waals surface area contributed by atoms with Gasteiger partial charge in [-0.3, -0.25) is 0 Å². The number of hydrogen-bond donors (Lipinski definition) is 1. The zero-order valence-corrected chi connectivity index (χ0v) is 11.0. The summed E-state index contributed by atoms with van der Waals surface area (Å²) in [6.07, 6.45) is 3.77. The number of ether oxygens (including phenoxy) is 1. The average Bonchev–Trinajstić information content (AvgIpc) is 2.23. The van der Waals surface area contributed by atoms with E-state index in [9.17, 15) is 0 Å². The lowest BCUT2D eigenvalue weighted by Crippen LogP contribution is -2.46. The number of morpholine rings is 1. The highest BCUT2D eigenvalue weighted by atomic mass is 32.2. The first kappa shape index (κ1) is 13.3. The Kier molecular flexibility index (Phi) is 6.64. The minimum Gasteiger partial charge on any atom is -0.374 e. The molecule has 0 aromatic rings. The molecule has 1 saturated heterocycles. The standard InChI is InChI=1S/C11H24N2OS/c1-10(4-7-15-3)12-8-11-9-13(2)5-6-14-11/h10-12H,4-9H2,1-3H3. The molecule has 0 aromatic heterocycles. The van der Waals surface area contributed by atoms with Gasteiger partial charge in [0, 0.05) is 25.7 Å². The summed E-state index contributed by atoms with van der Waals surface area (Å²) >= 11 is 1.91. The van der Waals surface area contributed by atoms with Crippen LogP contribution in [0.3, 0.4) is 0 Å². The third-order valence-electron chi connectivity index (χ3n) is 2.79. The van der Waals surface area contributed by atoms with Crippen molar-refractivity contribution in [3.63, 3.8) is 0 Å². The topological polar surface area (TPSA) is 24.5 Å². The van der Waals surface area contributed by atoms with Crippen LogP contribution in [0.4, 0.5) is 0 Å². The molecule has 0 aliphatic carbocycles. The first-order valence-electron chi connectivity index (χ1n) is 5.75. The van der Waals surface area contributed by atoms with Crippen molar-refractivity contribution in [3.8, 4) is 0 Å². The van der Waals surface area contributed by atoms with Crippen LogP contribution in [0.1, 0.15) is 13.3 Å². The van der Waals surface area contributed by atoms with Crippen molar-refractivity contribution < 1.29 is 4.74 Å². The van der Waals surface area contributed by atoms with Crippen LogP contribution in [0.2, 0.25) is 0 Å². The fourth-order valence-corrected chi connectivity index (χ4v) is 2.31. The molecule has 0 radical (unpaired) electrons. The average molecular weight is 232 g/mol. The molecule has 1 fully saturated rings. The monoisotopic (exact) mass is 232 g/mol. The second kappa shape index (κ2) is 7.49. The van der Waals surface area contributed by atoms with Gasteiger partial charge >= 0.3 is 0 Å². The van der Waals surface area contributed by atoms with Crippen molar-refractivity contribution >= 4 is 11.8 Å². The number of hydrogen-bond acceptors (Lipinski definition) is 4. The molecule has 0 aromatic carbocycles. The molecule has 2 atom stereocenters. The molecule has 1 N–H and O–H groups in total. The Morgan fingerprint density at radius 3 is 3.07 bits per heavy atom. The van der Waals surface area contributed by atoms with Crippen LogP contribution in [0, 0.1) is 0 Å². The number of nitrogens with zero attached hydrogens (tertiary/aromatic N) is 1. The van der Waals surface area contributed by atoms with Crippen LogP contribution < -0.4 is 5.32 Å². The molecule has 1 aliphatic heterocycles. The Balaban J connectivity index is 2.07. The third-order valence-corrected chi connectivity index (χ3v) is 3.43. The fourth-order valence-electron chi connectivity index (χ4n) is 1.72. The summed E-state index contributed by atoms with van der Waals surface area (Å²) in [5, 5.41) is 3.54. The van der Waals surface area contributed by atoms with Gasteiger partial charge in [-0.05, 0) is 32.4 Å². The van der Waals surface area contributed by atoms with Gasteiger partial charge in [0.1, 0.15) is 0 Å². The molecule has 1 aliphatic rings. The van der Waals surface area contributed by atoms with Gasteiger partial charge in [0.15, 0.2) is 0 Å². The van der Waals surface area contributed by atoms with E-state index in [1.54, 1.807) is 0 Å². The van der Waals surface area contributed by atoms with Crippen LogP contribution in [-0.2, 0) is 4.74 Å². The molecule has 0 spiro atoms. The number of rotatable bonds is 6. The molecule has 0 saturated carbocycles. The van der Waals surface area contributed by atoms with Gasteiger partial charge in [0.2, 0.25) is 0 Å². The van der Waals surface area contributed by atoms with E-state index in [1.165, 1.54) is 12.2 Å². The van der Waals surface area contributed by atoms with Crippen LogP contribution in [-0.4, -0.2) is 62.3 Å². The van der Waals surface area contributed by atoms with Gasteiger partial charge in [-0.15, -0.1) is 0 Å². The van der Waals surface area contributed by atoms with Crippen molar-refractivity contribution in [3.05, 3.63) is 0 Å². The number of thioether (sulfide) groups is 1. The predicted octanol–water partition coefficient (Wildman–Crippen LogP) is 1.05. The van der Waals surface area contributed by atoms with Crippen molar-refractivity contribution in [2.45, 2.75) is 25.5 Å². The molecular weight excluding hydrogens is 208 g/mol. The predicted molar refractivity (Wildman–Crippen MR) is 67.7 cm³/mol. The van der Waals surface area contributed by atoms with Crippen molar-refractivity contribution in [2.24, 2.45) is 0 Å². The Hall–Kier alpha value is 0.230. The van der Waals surface area contributed by atoms with Crippen molar-refractivity contribution in [2.75, 3.05) is 45.3 Å². The molecule has 1 rings (SSSR count). The molecule has 15 heavy (non-hydrogen) atoms. The molecule has 0 amide bonds. The van der Waals surface area contributed by atoms with Gasteiger partial charge in [-0.2, -0.15) is 11.8 Å². The van der Waals surface area contributed by atoms with Gasteiger partial charge in [0.25, 0.3) is 0 Å². The van der Waals surface area contributed by atoms with Crippen LogP contribution in [0.25, 0.3) is 0 Å². The van der Waals surface area contributed by atoms with Gasteiger partial charge in [-0.25, -0.2) is 0 Å². The lowest BCUT2D eigenvalue weighted by Gasteiger charge is -2.31. The largest absolute Gasteiger partial charge is 0.374 e. The van der Waals surface area contributed by atoms with E-state index in [0.717, 1.165) is 26.2 Å². The minimum atomic E-state index is 0.375. The maximum absolute atomic E-state index is 5.69. The summed E-state index contributed by atoms with van der Waals surface area (Å²) in [5.74, 6) is 1.24. The summed E-state index contributed by atoms with van der Waals surface area (Å²) < 4.78 is 5.69. The van der Waals surface area contributed by atoms with Gasteiger partial charge in [-0.1, -0.05) is 0 Å². The molecule has 0 bridgehead atoms. The van der Waals surface area contributed by atoms with E-state index in [2.05, 4.69) is 30.4 Å². The van der Waals surface area contributed by atoms with E-state index < -0.39 is 0 Å². The first-order valence-corrected chi connectivity index (χ1v) is 7.14. The van der Waals surface area contributed by atoms with Crippen LogP contribution >= 0.6 is 11.8 Å². The Morgan fingerprint density at radius 2 is 2.40 bits per heavy atom. The van der Waals surface area contributed by atoms with Crippen molar-refractivity contribution in [1.82, 2.24) is 10.2 Å². The second-order valence-electron chi connectivity index (χ2n) is 4.35. The molecule has 2 unspecified atom stereocenters. The van der Waals surface area contributed by atoms with Crippen molar-refractivity contribution in [1.29, 1.82) is 0 Å². The van der Waals surface area contributed by atoms with E-state index in [1.807, 2.05) is 11.8 Å². The van der Waals surface area contributed by atoms with E-state index >= 15 is 0 Å². The highest BCUT2D eigenvalue weighted by Crippen LogP contribution is 2.04. The first-order chi connectivity index (χ1) is 7.22. The normalized spacial score (nSPS) is 25.4. The summed E-state index contributed by atoms with van der Waals surface area (Å²) in [4.78, 5) is 2.34. The Bertz CT molecular complexity index is 169. The summed E-state index contributed by atoms with van der Waals surface area (Å²) in [6, 6.07) is 0.605. The maximum Gasteiger partial charge on any atom is 0.0826 e. The molecule has 3 nitrogen and oxygen atoms in total. The van der Waals surface area contributed by atoms with Gasteiger partial charge < -0.3 is 15.0 Å². The number of nitrogens with one attached hydrogen (secondary N) is 1. The summed E-state index contributed by atoms with van der Waals surface area (Å²) in [5.41, 5.74) is 0. The van der Waals surface area contributed by atoms with Crippen LogP contribution in [0.5, 0.6) is 0 Å². The molecule has 90 valence electrons. The molecule has 4 heteroatoms.